The van der Waals surface area contributed by atoms with E-state index in [0.717, 1.165) is 11.3 Å². The minimum absolute atomic E-state index is 0.0886. The Morgan fingerprint density at radius 2 is 1.81 bits per heavy atom. The van der Waals surface area contributed by atoms with Gasteiger partial charge in [-0.25, -0.2) is 0 Å². The predicted octanol–water partition coefficient (Wildman–Crippen LogP) is 2.39. The van der Waals surface area contributed by atoms with Crippen molar-refractivity contribution in [1.29, 1.82) is 0 Å². The van der Waals surface area contributed by atoms with E-state index >= 15 is 0 Å². The zero-order valence-electron chi connectivity index (χ0n) is 12.9. The molecule has 5 nitrogen and oxygen atoms in total. The van der Waals surface area contributed by atoms with E-state index in [9.17, 15) is 9.59 Å². The molecule has 0 aliphatic rings. The molecule has 0 heterocycles. The van der Waals surface area contributed by atoms with Crippen molar-refractivity contribution in [2.45, 2.75) is 33.2 Å². The van der Waals surface area contributed by atoms with Crippen molar-refractivity contribution in [2.24, 2.45) is 0 Å². The fraction of sp³-hybridized carbons (Fsp3) is 0.500. The molecule has 1 aromatic rings. The standard InChI is InChI=1S/C16H23NO4/c1-4-20-14-9-7-6-8-13(14)12-17(3)15(18)10-11-16(19)21-5-2/h6-9H,4-5,10-12H2,1-3H3. The fourth-order valence-electron chi connectivity index (χ4n) is 1.91. The van der Waals surface area contributed by atoms with E-state index < -0.39 is 0 Å². The van der Waals surface area contributed by atoms with Gasteiger partial charge in [0.15, 0.2) is 0 Å². The van der Waals surface area contributed by atoms with Gasteiger partial charge in [0.1, 0.15) is 5.75 Å². The van der Waals surface area contributed by atoms with Crippen LogP contribution in [0.15, 0.2) is 24.3 Å². The van der Waals surface area contributed by atoms with Crippen molar-refractivity contribution < 1.29 is 19.1 Å². The van der Waals surface area contributed by atoms with Crippen molar-refractivity contribution in [1.82, 2.24) is 4.90 Å². The van der Waals surface area contributed by atoms with Crippen LogP contribution in [0.4, 0.5) is 0 Å². The molecule has 0 saturated heterocycles. The van der Waals surface area contributed by atoms with Gasteiger partial charge in [-0.3, -0.25) is 9.59 Å². The minimum Gasteiger partial charge on any atom is -0.494 e. The second kappa shape index (κ2) is 9.00. The average Bonchev–Trinajstić information content (AvgIpc) is 2.47. The maximum atomic E-state index is 12.0. The van der Waals surface area contributed by atoms with Crippen LogP contribution >= 0.6 is 0 Å². The van der Waals surface area contributed by atoms with E-state index in [4.69, 9.17) is 9.47 Å². The molecule has 116 valence electrons. The van der Waals surface area contributed by atoms with Gasteiger partial charge in [-0.05, 0) is 19.9 Å². The number of amides is 1. The second-order valence-corrected chi connectivity index (χ2v) is 4.60. The third-order valence-corrected chi connectivity index (χ3v) is 2.95. The van der Waals surface area contributed by atoms with E-state index in [-0.39, 0.29) is 24.7 Å². The van der Waals surface area contributed by atoms with E-state index in [1.807, 2.05) is 31.2 Å². The van der Waals surface area contributed by atoms with Crippen LogP contribution < -0.4 is 4.74 Å². The van der Waals surface area contributed by atoms with Crippen LogP contribution in [0.2, 0.25) is 0 Å². The Labute approximate surface area is 125 Å². The van der Waals surface area contributed by atoms with Crippen LogP contribution in [-0.2, 0) is 20.9 Å². The fourth-order valence-corrected chi connectivity index (χ4v) is 1.91. The van der Waals surface area contributed by atoms with Crippen LogP contribution in [0.1, 0.15) is 32.3 Å². The molecule has 0 atom stereocenters. The Morgan fingerprint density at radius 3 is 2.48 bits per heavy atom. The third kappa shape index (κ3) is 5.85. The number of benzene rings is 1. The van der Waals surface area contributed by atoms with Crippen LogP contribution in [0.3, 0.4) is 0 Å². The molecule has 1 aromatic carbocycles. The molecule has 1 rings (SSSR count). The number of hydrogen-bond donors (Lipinski definition) is 0. The monoisotopic (exact) mass is 293 g/mol. The Morgan fingerprint density at radius 1 is 1.10 bits per heavy atom. The second-order valence-electron chi connectivity index (χ2n) is 4.60. The first-order valence-corrected chi connectivity index (χ1v) is 7.18. The summed E-state index contributed by atoms with van der Waals surface area (Å²) in [6, 6.07) is 7.63. The Balaban J connectivity index is 2.54. The zero-order valence-corrected chi connectivity index (χ0v) is 12.9. The summed E-state index contributed by atoms with van der Waals surface area (Å²) in [5.74, 6) is 0.355. The number of para-hydroxylation sites is 1. The molecule has 0 unspecified atom stereocenters. The maximum Gasteiger partial charge on any atom is 0.306 e. The van der Waals surface area contributed by atoms with E-state index in [2.05, 4.69) is 0 Å². The number of rotatable bonds is 8. The highest BCUT2D eigenvalue weighted by Crippen LogP contribution is 2.19. The zero-order chi connectivity index (χ0) is 15.7. The topological polar surface area (TPSA) is 55.8 Å². The lowest BCUT2D eigenvalue weighted by Crippen LogP contribution is -2.27. The molecule has 0 saturated carbocycles. The van der Waals surface area contributed by atoms with Gasteiger partial charge in [0.25, 0.3) is 0 Å². The van der Waals surface area contributed by atoms with Gasteiger partial charge in [-0.1, -0.05) is 18.2 Å². The van der Waals surface area contributed by atoms with Gasteiger partial charge in [0.05, 0.1) is 19.6 Å². The first kappa shape index (κ1) is 17.0. The molecular formula is C16H23NO4. The van der Waals surface area contributed by atoms with Gasteiger partial charge in [0.2, 0.25) is 5.91 Å². The van der Waals surface area contributed by atoms with E-state index in [0.29, 0.717) is 19.8 Å². The first-order valence-electron chi connectivity index (χ1n) is 7.18. The largest absolute Gasteiger partial charge is 0.494 e. The minimum atomic E-state index is -0.339. The molecule has 0 N–H and O–H groups in total. The molecule has 21 heavy (non-hydrogen) atoms. The summed E-state index contributed by atoms with van der Waals surface area (Å²) < 4.78 is 10.3. The third-order valence-electron chi connectivity index (χ3n) is 2.95. The molecule has 0 radical (unpaired) electrons. The summed E-state index contributed by atoms with van der Waals surface area (Å²) >= 11 is 0. The van der Waals surface area contributed by atoms with Gasteiger partial charge in [-0.2, -0.15) is 0 Å². The summed E-state index contributed by atoms with van der Waals surface area (Å²) in [6.07, 6.45) is 0.274. The molecule has 0 aliphatic heterocycles. The summed E-state index contributed by atoms with van der Waals surface area (Å²) in [7, 11) is 1.72. The van der Waals surface area contributed by atoms with E-state index in [1.165, 1.54) is 0 Å². The van der Waals surface area contributed by atoms with Gasteiger partial charge < -0.3 is 14.4 Å². The number of carbonyl (C=O) groups is 2. The Kier molecular flexibility index (Phi) is 7.29. The highest BCUT2D eigenvalue weighted by atomic mass is 16.5. The molecule has 0 aliphatic carbocycles. The molecule has 0 aromatic heterocycles. The molecule has 0 bridgehead atoms. The normalized spacial score (nSPS) is 10.0. The van der Waals surface area contributed by atoms with Gasteiger partial charge in [0, 0.05) is 25.6 Å². The predicted molar refractivity (Wildman–Crippen MR) is 80.0 cm³/mol. The van der Waals surface area contributed by atoms with Crippen LogP contribution in [0, 0.1) is 0 Å². The molecule has 1 amide bonds. The highest BCUT2D eigenvalue weighted by molar-refractivity contribution is 5.81. The summed E-state index contributed by atoms with van der Waals surface area (Å²) in [5, 5.41) is 0. The van der Waals surface area contributed by atoms with E-state index in [1.54, 1.807) is 18.9 Å². The number of hydrogen-bond acceptors (Lipinski definition) is 4. The molecule has 0 fully saturated rings. The lowest BCUT2D eigenvalue weighted by Gasteiger charge is -2.19. The Bertz CT molecular complexity index is 473. The van der Waals surface area contributed by atoms with Gasteiger partial charge >= 0.3 is 5.97 Å². The Hall–Kier alpha value is -2.04. The van der Waals surface area contributed by atoms with Crippen LogP contribution in [-0.4, -0.2) is 37.0 Å². The van der Waals surface area contributed by atoms with Crippen LogP contribution in [0.5, 0.6) is 5.75 Å². The summed E-state index contributed by atoms with van der Waals surface area (Å²) in [6.45, 7) is 5.04. The molecular weight excluding hydrogens is 270 g/mol. The molecule has 0 spiro atoms. The number of carbonyl (C=O) groups excluding carboxylic acids is 2. The smallest absolute Gasteiger partial charge is 0.306 e. The van der Waals surface area contributed by atoms with Crippen molar-refractivity contribution >= 4 is 11.9 Å². The summed E-state index contributed by atoms with van der Waals surface area (Å²) in [5.41, 5.74) is 0.950. The average molecular weight is 293 g/mol. The van der Waals surface area contributed by atoms with Crippen molar-refractivity contribution in [3.8, 4) is 5.75 Å². The number of esters is 1. The number of ether oxygens (including phenoxy) is 2. The van der Waals surface area contributed by atoms with Gasteiger partial charge in [-0.15, -0.1) is 0 Å². The van der Waals surface area contributed by atoms with Crippen molar-refractivity contribution in [2.75, 3.05) is 20.3 Å². The first-order chi connectivity index (χ1) is 10.1. The SMILES string of the molecule is CCOC(=O)CCC(=O)N(C)Cc1ccccc1OCC. The highest BCUT2D eigenvalue weighted by Gasteiger charge is 2.14. The van der Waals surface area contributed by atoms with Crippen LogP contribution in [0.25, 0.3) is 0 Å². The quantitative estimate of drug-likeness (QED) is 0.691. The molecule has 5 heteroatoms. The lowest BCUT2D eigenvalue weighted by atomic mass is 10.2. The maximum absolute atomic E-state index is 12.0. The van der Waals surface area contributed by atoms with Crippen molar-refractivity contribution in [3.63, 3.8) is 0 Å². The lowest BCUT2D eigenvalue weighted by molar-refractivity contribution is -0.145. The van der Waals surface area contributed by atoms with Crippen molar-refractivity contribution in [3.05, 3.63) is 29.8 Å². The summed E-state index contributed by atoms with van der Waals surface area (Å²) in [4.78, 5) is 24.9. The number of nitrogens with zero attached hydrogens (tertiary/aromatic N) is 1.